The highest BCUT2D eigenvalue weighted by atomic mass is 16.5. The second-order valence-corrected chi connectivity index (χ2v) is 7.48. The van der Waals surface area contributed by atoms with E-state index in [1.54, 1.807) is 0 Å². The van der Waals surface area contributed by atoms with E-state index in [2.05, 4.69) is 20.9 Å². The zero-order chi connectivity index (χ0) is 18.1. The molecule has 146 valence electrons. The Kier molecular flexibility index (Phi) is 16.2. The number of unbranched alkanes of at least 4 members (excludes halogenated alkanes) is 9. The first-order valence-corrected chi connectivity index (χ1v) is 10.3. The highest BCUT2D eigenvalue weighted by molar-refractivity contribution is 4.54. The van der Waals surface area contributed by atoms with Gasteiger partial charge in [-0.25, -0.2) is 0 Å². The number of hydrogen-bond acceptors (Lipinski definition) is 3. The van der Waals surface area contributed by atoms with E-state index >= 15 is 0 Å². The standard InChI is InChI=1S/C20H44NO3/c1-4-6-7-8-9-10-11-12-13-14-17-24-19-20(23)18-21(3,5-2)15-16-22/h20,22-23H,4-19H2,1-3H3/q+1. The van der Waals surface area contributed by atoms with Gasteiger partial charge in [-0.1, -0.05) is 64.7 Å². The van der Waals surface area contributed by atoms with Gasteiger partial charge < -0.3 is 19.4 Å². The van der Waals surface area contributed by atoms with E-state index in [9.17, 15) is 5.11 Å². The molecule has 0 aromatic rings. The summed E-state index contributed by atoms with van der Waals surface area (Å²) in [6, 6.07) is 0. The van der Waals surface area contributed by atoms with Crippen LogP contribution in [0.3, 0.4) is 0 Å². The molecular formula is C20H44NO3+. The monoisotopic (exact) mass is 346 g/mol. The minimum Gasteiger partial charge on any atom is -0.391 e. The Morgan fingerprint density at radius 2 is 1.42 bits per heavy atom. The van der Waals surface area contributed by atoms with Gasteiger partial charge in [0, 0.05) is 6.61 Å². The molecule has 24 heavy (non-hydrogen) atoms. The van der Waals surface area contributed by atoms with Gasteiger partial charge in [0.05, 0.1) is 26.8 Å². The molecular weight excluding hydrogens is 302 g/mol. The van der Waals surface area contributed by atoms with E-state index < -0.39 is 6.10 Å². The summed E-state index contributed by atoms with van der Waals surface area (Å²) in [5.41, 5.74) is 0. The molecule has 0 radical (unpaired) electrons. The number of nitrogens with zero attached hydrogens (tertiary/aromatic N) is 1. The van der Waals surface area contributed by atoms with Crippen molar-refractivity contribution in [3.05, 3.63) is 0 Å². The van der Waals surface area contributed by atoms with E-state index in [4.69, 9.17) is 9.84 Å². The Hall–Kier alpha value is -0.160. The fraction of sp³-hybridized carbons (Fsp3) is 1.00. The van der Waals surface area contributed by atoms with E-state index in [0.717, 1.165) is 19.6 Å². The molecule has 4 nitrogen and oxygen atoms in total. The SMILES string of the molecule is CCCCCCCCCCCCOCC(O)C[N+](C)(CC)CCO. The van der Waals surface area contributed by atoms with Gasteiger partial charge in [0.1, 0.15) is 19.2 Å². The zero-order valence-electron chi connectivity index (χ0n) is 16.6. The number of ether oxygens (including phenoxy) is 1. The number of likely N-dealkylation sites (N-methyl/N-ethyl adjacent to an activating group) is 1. The summed E-state index contributed by atoms with van der Waals surface area (Å²) in [6.07, 6.45) is 12.8. The van der Waals surface area contributed by atoms with Gasteiger partial charge in [0.25, 0.3) is 0 Å². The Labute approximate surface area is 150 Å². The van der Waals surface area contributed by atoms with Crippen LogP contribution in [0.25, 0.3) is 0 Å². The number of aliphatic hydroxyl groups is 2. The molecule has 0 aliphatic heterocycles. The fourth-order valence-corrected chi connectivity index (χ4v) is 3.09. The quantitative estimate of drug-likeness (QED) is 0.294. The molecule has 0 bridgehead atoms. The van der Waals surface area contributed by atoms with Crippen LogP contribution in [0, 0.1) is 0 Å². The van der Waals surface area contributed by atoms with Crippen molar-refractivity contribution < 1.29 is 19.4 Å². The van der Waals surface area contributed by atoms with E-state index in [1.165, 1.54) is 57.8 Å². The predicted molar refractivity (Wildman–Crippen MR) is 102 cm³/mol. The summed E-state index contributed by atoms with van der Waals surface area (Å²) in [5.74, 6) is 0. The summed E-state index contributed by atoms with van der Waals surface area (Å²) in [5, 5.41) is 19.2. The molecule has 0 saturated carbocycles. The third kappa shape index (κ3) is 14.2. The maximum absolute atomic E-state index is 10.1. The lowest BCUT2D eigenvalue weighted by Crippen LogP contribution is -2.51. The zero-order valence-corrected chi connectivity index (χ0v) is 16.6. The number of quaternary nitrogens is 1. The molecule has 2 atom stereocenters. The summed E-state index contributed by atoms with van der Waals surface area (Å²) in [6.45, 7) is 7.93. The maximum Gasteiger partial charge on any atom is 0.126 e. The van der Waals surface area contributed by atoms with E-state index in [-0.39, 0.29) is 6.61 Å². The normalized spacial score (nSPS) is 15.4. The fourth-order valence-electron chi connectivity index (χ4n) is 3.09. The summed E-state index contributed by atoms with van der Waals surface area (Å²) in [7, 11) is 2.07. The van der Waals surface area contributed by atoms with Crippen molar-refractivity contribution in [2.24, 2.45) is 0 Å². The Morgan fingerprint density at radius 3 is 1.92 bits per heavy atom. The maximum atomic E-state index is 10.1. The number of hydrogen-bond donors (Lipinski definition) is 2. The van der Waals surface area contributed by atoms with Gasteiger partial charge >= 0.3 is 0 Å². The second kappa shape index (κ2) is 16.3. The minimum atomic E-state index is -0.440. The average Bonchev–Trinajstić information content (AvgIpc) is 2.56. The molecule has 0 aromatic heterocycles. The number of aliphatic hydroxyl groups excluding tert-OH is 2. The average molecular weight is 347 g/mol. The molecule has 2 N–H and O–H groups in total. The van der Waals surface area contributed by atoms with Crippen LogP contribution < -0.4 is 0 Å². The van der Waals surface area contributed by atoms with Crippen molar-refractivity contribution in [3.63, 3.8) is 0 Å². The first-order chi connectivity index (χ1) is 11.6. The van der Waals surface area contributed by atoms with Gasteiger partial charge in [0.2, 0.25) is 0 Å². The van der Waals surface area contributed by atoms with Crippen LogP contribution in [-0.4, -0.2) is 67.3 Å². The van der Waals surface area contributed by atoms with Crippen molar-refractivity contribution in [1.82, 2.24) is 0 Å². The lowest BCUT2D eigenvalue weighted by molar-refractivity contribution is -0.911. The van der Waals surface area contributed by atoms with Crippen molar-refractivity contribution in [3.8, 4) is 0 Å². The van der Waals surface area contributed by atoms with Crippen molar-refractivity contribution in [1.29, 1.82) is 0 Å². The first-order valence-electron chi connectivity index (χ1n) is 10.3. The lowest BCUT2D eigenvalue weighted by Gasteiger charge is -2.34. The van der Waals surface area contributed by atoms with Crippen LogP contribution in [0.15, 0.2) is 0 Å². The minimum absolute atomic E-state index is 0.163. The van der Waals surface area contributed by atoms with Crippen LogP contribution in [0.4, 0.5) is 0 Å². The Morgan fingerprint density at radius 1 is 0.875 bits per heavy atom. The molecule has 2 unspecified atom stereocenters. The number of rotatable bonds is 18. The van der Waals surface area contributed by atoms with Crippen LogP contribution in [0.2, 0.25) is 0 Å². The second-order valence-electron chi connectivity index (χ2n) is 7.48. The molecule has 0 aromatic carbocycles. The van der Waals surface area contributed by atoms with Crippen molar-refractivity contribution in [2.75, 3.05) is 46.5 Å². The highest BCUT2D eigenvalue weighted by Crippen LogP contribution is 2.10. The van der Waals surface area contributed by atoms with Gasteiger partial charge in [-0.3, -0.25) is 0 Å². The lowest BCUT2D eigenvalue weighted by atomic mass is 10.1. The first kappa shape index (κ1) is 23.8. The molecule has 4 heteroatoms. The smallest absolute Gasteiger partial charge is 0.126 e. The Bertz CT molecular complexity index is 263. The van der Waals surface area contributed by atoms with Crippen molar-refractivity contribution >= 4 is 0 Å². The highest BCUT2D eigenvalue weighted by Gasteiger charge is 2.23. The summed E-state index contributed by atoms with van der Waals surface area (Å²) >= 11 is 0. The van der Waals surface area contributed by atoms with Gasteiger partial charge in [-0.15, -0.1) is 0 Å². The third-order valence-corrected chi connectivity index (χ3v) is 5.01. The molecule has 0 aliphatic rings. The van der Waals surface area contributed by atoms with Gasteiger partial charge in [-0.2, -0.15) is 0 Å². The molecule has 0 spiro atoms. The topological polar surface area (TPSA) is 49.7 Å². The van der Waals surface area contributed by atoms with Crippen LogP contribution >= 0.6 is 0 Å². The van der Waals surface area contributed by atoms with Crippen LogP contribution in [0.1, 0.15) is 78.1 Å². The third-order valence-electron chi connectivity index (χ3n) is 5.01. The molecule has 0 amide bonds. The Balaban J connectivity index is 3.40. The van der Waals surface area contributed by atoms with Crippen LogP contribution in [-0.2, 0) is 4.74 Å². The van der Waals surface area contributed by atoms with Gasteiger partial charge in [-0.05, 0) is 13.3 Å². The predicted octanol–water partition coefficient (Wildman–Crippen LogP) is 3.74. The molecule has 0 rings (SSSR count). The van der Waals surface area contributed by atoms with E-state index in [1.807, 2.05) is 0 Å². The van der Waals surface area contributed by atoms with Crippen LogP contribution in [0.5, 0.6) is 0 Å². The summed E-state index contributed by atoms with van der Waals surface area (Å²) < 4.78 is 6.31. The summed E-state index contributed by atoms with van der Waals surface area (Å²) in [4.78, 5) is 0. The molecule has 0 aliphatic carbocycles. The largest absolute Gasteiger partial charge is 0.391 e. The molecule has 0 heterocycles. The van der Waals surface area contributed by atoms with E-state index in [0.29, 0.717) is 24.2 Å². The van der Waals surface area contributed by atoms with Gasteiger partial charge in [0.15, 0.2) is 0 Å². The van der Waals surface area contributed by atoms with Crippen molar-refractivity contribution in [2.45, 2.75) is 84.2 Å². The molecule has 0 saturated heterocycles. The molecule has 0 fully saturated rings.